The molecule has 0 radical (unpaired) electrons. The zero-order valence-corrected chi connectivity index (χ0v) is 10.9. The monoisotopic (exact) mass is 244 g/mol. The summed E-state index contributed by atoms with van der Waals surface area (Å²) in [4.78, 5) is 11.1. The summed E-state index contributed by atoms with van der Waals surface area (Å²) in [6.07, 6.45) is 6.57. The van der Waals surface area contributed by atoms with Gasteiger partial charge in [0.15, 0.2) is 0 Å². The van der Waals surface area contributed by atoms with Gasteiger partial charge in [0.05, 0.1) is 5.92 Å². The topological polar surface area (TPSA) is 37.3 Å². The Morgan fingerprint density at radius 3 is 2.89 bits per heavy atom. The molecule has 0 heterocycles. The molecular weight excluding hydrogens is 224 g/mol. The van der Waals surface area contributed by atoms with Crippen LogP contribution in [0.2, 0.25) is 0 Å². The molecule has 18 heavy (non-hydrogen) atoms. The van der Waals surface area contributed by atoms with Crippen molar-refractivity contribution in [1.82, 2.24) is 0 Å². The second-order valence-electron chi connectivity index (χ2n) is 5.87. The summed E-state index contributed by atoms with van der Waals surface area (Å²) in [5, 5.41) is 9.09. The fourth-order valence-corrected chi connectivity index (χ4v) is 3.72. The molecule has 0 amide bonds. The van der Waals surface area contributed by atoms with Crippen molar-refractivity contribution < 1.29 is 9.90 Å². The van der Waals surface area contributed by atoms with E-state index in [1.807, 2.05) is 6.07 Å². The zero-order chi connectivity index (χ0) is 12.7. The van der Waals surface area contributed by atoms with Crippen LogP contribution in [0.25, 0.3) is 0 Å². The lowest BCUT2D eigenvalue weighted by molar-refractivity contribution is -0.138. The standard InChI is InChI=1S/C16H20O2/c1-10(16(17)18)11-6-7-15-13(8-11)9-12-4-2-3-5-14(12)15/h6-8,10,12,14H,2-5,9H2,1H3,(H,17,18)/t10-,12+,14+/m0/s1. The lowest BCUT2D eigenvalue weighted by Gasteiger charge is -2.25. The van der Waals surface area contributed by atoms with Crippen molar-refractivity contribution in [2.24, 2.45) is 5.92 Å². The summed E-state index contributed by atoms with van der Waals surface area (Å²) < 4.78 is 0. The van der Waals surface area contributed by atoms with Gasteiger partial charge in [0.25, 0.3) is 0 Å². The van der Waals surface area contributed by atoms with Gasteiger partial charge in [-0.25, -0.2) is 0 Å². The number of rotatable bonds is 2. The molecule has 0 bridgehead atoms. The Balaban J connectivity index is 1.92. The van der Waals surface area contributed by atoms with Crippen molar-refractivity contribution in [3.63, 3.8) is 0 Å². The highest BCUT2D eigenvalue weighted by Crippen LogP contribution is 2.46. The van der Waals surface area contributed by atoms with Crippen molar-refractivity contribution in [2.75, 3.05) is 0 Å². The highest BCUT2D eigenvalue weighted by Gasteiger charge is 2.34. The minimum absolute atomic E-state index is 0.391. The molecule has 0 aliphatic heterocycles. The lowest BCUT2D eigenvalue weighted by atomic mass is 9.80. The largest absolute Gasteiger partial charge is 0.481 e. The molecule has 2 aliphatic rings. The molecule has 0 spiro atoms. The van der Waals surface area contributed by atoms with Gasteiger partial charge in [-0.3, -0.25) is 4.79 Å². The third-order valence-electron chi connectivity index (χ3n) is 4.83. The smallest absolute Gasteiger partial charge is 0.310 e. The molecule has 0 saturated heterocycles. The molecule has 0 unspecified atom stereocenters. The second kappa shape index (κ2) is 4.42. The molecule has 3 atom stereocenters. The number of hydrogen-bond donors (Lipinski definition) is 1. The first-order valence-electron chi connectivity index (χ1n) is 7.02. The van der Waals surface area contributed by atoms with E-state index in [0.717, 1.165) is 17.4 Å². The van der Waals surface area contributed by atoms with Crippen LogP contribution in [0.5, 0.6) is 0 Å². The molecule has 3 rings (SSSR count). The van der Waals surface area contributed by atoms with Crippen LogP contribution in [-0.2, 0) is 11.2 Å². The van der Waals surface area contributed by atoms with Crippen LogP contribution >= 0.6 is 0 Å². The Hall–Kier alpha value is -1.31. The van der Waals surface area contributed by atoms with Gasteiger partial charge in [0.1, 0.15) is 0 Å². The summed E-state index contributed by atoms with van der Waals surface area (Å²) in [6, 6.07) is 6.36. The molecule has 1 aromatic carbocycles. The molecule has 1 fully saturated rings. The summed E-state index contributed by atoms with van der Waals surface area (Å²) in [6.45, 7) is 1.77. The van der Waals surface area contributed by atoms with E-state index < -0.39 is 11.9 Å². The van der Waals surface area contributed by atoms with E-state index in [2.05, 4.69) is 12.1 Å². The molecule has 2 nitrogen and oxygen atoms in total. The number of fused-ring (bicyclic) bond motifs is 3. The van der Waals surface area contributed by atoms with Crippen LogP contribution < -0.4 is 0 Å². The lowest BCUT2D eigenvalue weighted by Crippen LogP contribution is -2.12. The molecule has 2 heteroatoms. The maximum Gasteiger partial charge on any atom is 0.310 e. The first kappa shape index (κ1) is 11.8. The summed E-state index contributed by atoms with van der Waals surface area (Å²) in [5.41, 5.74) is 3.87. The van der Waals surface area contributed by atoms with E-state index in [4.69, 9.17) is 5.11 Å². The molecule has 1 aromatic rings. The van der Waals surface area contributed by atoms with E-state index in [0.29, 0.717) is 0 Å². The van der Waals surface area contributed by atoms with E-state index in [1.165, 1.54) is 43.2 Å². The Labute approximate surface area is 108 Å². The minimum Gasteiger partial charge on any atom is -0.481 e. The highest BCUT2D eigenvalue weighted by molar-refractivity contribution is 5.75. The number of aliphatic carboxylic acids is 1. The zero-order valence-electron chi connectivity index (χ0n) is 10.9. The van der Waals surface area contributed by atoms with E-state index >= 15 is 0 Å². The number of hydrogen-bond acceptors (Lipinski definition) is 1. The normalized spacial score (nSPS) is 27.4. The van der Waals surface area contributed by atoms with Crippen molar-refractivity contribution in [1.29, 1.82) is 0 Å². The molecule has 1 saturated carbocycles. The van der Waals surface area contributed by atoms with Crippen LogP contribution in [0.4, 0.5) is 0 Å². The second-order valence-corrected chi connectivity index (χ2v) is 5.87. The maximum atomic E-state index is 11.1. The predicted octanol–water partition coefficient (Wildman–Crippen LogP) is 3.70. The summed E-state index contributed by atoms with van der Waals surface area (Å²) in [7, 11) is 0. The maximum absolute atomic E-state index is 11.1. The SMILES string of the molecule is C[C@H](C(=O)O)c1ccc2c(c1)C[C@H]1CCCC[C@@H]21. The molecule has 2 aliphatic carbocycles. The first-order valence-corrected chi connectivity index (χ1v) is 7.02. The predicted molar refractivity (Wildman–Crippen MR) is 70.9 cm³/mol. The number of benzene rings is 1. The van der Waals surface area contributed by atoms with Crippen molar-refractivity contribution in [2.45, 2.75) is 50.9 Å². The van der Waals surface area contributed by atoms with Crippen LogP contribution in [0, 0.1) is 5.92 Å². The third-order valence-corrected chi connectivity index (χ3v) is 4.83. The Morgan fingerprint density at radius 1 is 1.33 bits per heavy atom. The summed E-state index contributed by atoms with van der Waals surface area (Å²) >= 11 is 0. The molecular formula is C16H20O2. The van der Waals surface area contributed by atoms with Gasteiger partial charge in [0.2, 0.25) is 0 Å². The van der Waals surface area contributed by atoms with Crippen molar-refractivity contribution >= 4 is 5.97 Å². The molecule has 1 N–H and O–H groups in total. The van der Waals surface area contributed by atoms with Gasteiger partial charge in [0, 0.05) is 0 Å². The fourth-order valence-electron chi connectivity index (χ4n) is 3.72. The van der Waals surface area contributed by atoms with Gasteiger partial charge in [-0.1, -0.05) is 31.0 Å². The van der Waals surface area contributed by atoms with Gasteiger partial charge < -0.3 is 5.11 Å². The molecule has 96 valence electrons. The Kier molecular flexibility index (Phi) is 2.89. The summed E-state index contributed by atoms with van der Waals surface area (Å²) in [5.74, 6) is 0.454. The minimum atomic E-state index is -0.731. The van der Waals surface area contributed by atoms with Gasteiger partial charge in [-0.2, -0.15) is 0 Å². The molecule has 0 aromatic heterocycles. The first-order chi connectivity index (χ1) is 8.66. The average molecular weight is 244 g/mol. The van der Waals surface area contributed by atoms with E-state index in [-0.39, 0.29) is 0 Å². The van der Waals surface area contributed by atoms with Gasteiger partial charge in [-0.15, -0.1) is 0 Å². The quantitative estimate of drug-likeness (QED) is 0.861. The number of carboxylic acid groups (broad SMARTS) is 1. The fraction of sp³-hybridized carbons (Fsp3) is 0.562. The number of carbonyl (C=O) groups is 1. The van der Waals surface area contributed by atoms with Crippen LogP contribution in [0.3, 0.4) is 0 Å². The number of carboxylic acids is 1. The highest BCUT2D eigenvalue weighted by atomic mass is 16.4. The average Bonchev–Trinajstić information content (AvgIpc) is 2.75. The van der Waals surface area contributed by atoms with Gasteiger partial charge >= 0.3 is 5.97 Å². The van der Waals surface area contributed by atoms with E-state index in [9.17, 15) is 4.79 Å². The van der Waals surface area contributed by atoms with Crippen LogP contribution in [0.15, 0.2) is 18.2 Å². The Bertz CT molecular complexity index is 478. The third kappa shape index (κ3) is 1.84. The van der Waals surface area contributed by atoms with Crippen LogP contribution in [-0.4, -0.2) is 11.1 Å². The van der Waals surface area contributed by atoms with Crippen molar-refractivity contribution in [3.05, 3.63) is 34.9 Å². The van der Waals surface area contributed by atoms with Crippen LogP contribution in [0.1, 0.15) is 61.1 Å². The van der Waals surface area contributed by atoms with E-state index in [1.54, 1.807) is 6.92 Å². The van der Waals surface area contributed by atoms with Gasteiger partial charge in [-0.05, 0) is 54.7 Å². The Morgan fingerprint density at radius 2 is 2.11 bits per heavy atom. The van der Waals surface area contributed by atoms with Crippen molar-refractivity contribution in [3.8, 4) is 0 Å².